The second-order valence-electron chi connectivity index (χ2n) is 4.41. The zero-order valence-corrected chi connectivity index (χ0v) is 12.9. The second kappa shape index (κ2) is 5.41. The molecule has 0 bridgehead atoms. The molecule has 0 saturated heterocycles. The Kier molecular flexibility index (Phi) is 3.62. The van der Waals surface area contributed by atoms with Crippen molar-refractivity contribution in [2.45, 2.75) is 13.0 Å². The van der Waals surface area contributed by atoms with E-state index >= 15 is 0 Å². The van der Waals surface area contributed by atoms with Crippen LogP contribution in [-0.4, -0.2) is 17.5 Å². The molecule has 2 aromatic rings. The van der Waals surface area contributed by atoms with E-state index in [-0.39, 0.29) is 5.91 Å². The van der Waals surface area contributed by atoms with Crippen molar-refractivity contribution in [1.82, 2.24) is 10.3 Å². The van der Waals surface area contributed by atoms with Crippen LogP contribution >= 0.6 is 27.3 Å². The first kappa shape index (κ1) is 13.4. The van der Waals surface area contributed by atoms with Crippen molar-refractivity contribution in [2.24, 2.45) is 0 Å². The van der Waals surface area contributed by atoms with Gasteiger partial charge in [-0.3, -0.25) is 4.79 Å². The minimum Gasteiger partial charge on any atom is -0.493 e. The second-order valence-corrected chi connectivity index (χ2v) is 6.21. The van der Waals surface area contributed by atoms with Gasteiger partial charge < -0.3 is 15.8 Å². The number of ether oxygens (including phenoxy) is 1. The zero-order valence-electron chi connectivity index (χ0n) is 10.5. The van der Waals surface area contributed by atoms with Crippen LogP contribution in [-0.2, 0) is 13.0 Å². The van der Waals surface area contributed by atoms with Crippen molar-refractivity contribution in [2.75, 3.05) is 12.3 Å². The summed E-state index contributed by atoms with van der Waals surface area (Å²) >= 11 is 4.73. The largest absolute Gasteiger partial charge is 0.493 e. The summed E-state index contributed by atoms with van der Waals surface area (Å²) in [4.78, 5) is 15.9. The van der Waals surface area contributed by atoms with Crippen LogP contribution in [0.25, 0.3) is 0 Å². The van der Waals surface area contributed by atoms with Gasteiger partial charge in [0.25, 0.3) is 5.91 Å². The van der Waals surface area contributed by atoms with E-state index in [2.05, 4.69) is 32.3 Å². The molecule has 0 radical (unpaired) electrons. The molecule has 20 heavy (non-hydrogen) atoms. The summed E-state index contributed by atoms with van der Waals surface area (Å²) in [6, 6.07) is 4.01. The lowest BCUT2D eigenvalue weighted by Gasteiger charge is -2.09. The van der Waals surface area contributed by atoms with E-state index in [1.54, 1.807) is 5.38 Å². The topological polar surface area (TPSA) is 77.2 Å². The number of carbonyl (C=O) groups excluding carboxylic acids is 1. The van der Waals surface area contributed by atoms with Crippen LogP contribution in [0, 0.1) is 0 Å². The molecule has 1 aliphatic heterocycles. The van der Waals surface area contributed by atoms with E-state index in [0.717, 1.165) is 22.2 Å². The maximum Gasteiger partial charge on any atom is 0.271 e. The summed E-state index contributed by atoms with van der Waals surface area (Å²) in [5.74, 6) is 0.649. The third-order valence-corrected chi connectivity index (χ3v) is 4.15. The van der Waals surface area contributed by atoms with Crippen molar-refractivity contribution >= 4 is 38.3 Å². The number of hydrogen-bond acceptors (Lipinski definition) is 5. The van der Waals surface area contributed by atoms with Gasteiger partial charge in [-0.25, -0.2) is 4.98 Å². The maximum absolute atomic E-state index is 11.9. The average molecular weight is 354 g/mol. The molecule has 1 aromatic carbocycles. The number of amides is 1. The molecule has 3 N–H and O–H groups in total. The van der Waals surface area contributed by atoms with Crippen molar-refractivity contribution < 1.29 is 9.53 Å². The van der Waals surface area contributed by atoms with Gasteiger partial charge >= 0.3 is 0 Å². The van der Waals surface area contributed by atoms with Crippen LogP contribution in [0.5, 0.6) is 5.75 Å². The third-order valence-electron chi connectivity index (χ3n) is 3.02. The summed E-state index contributed by atoms with van der Waals surface area (Å²) in [5, 5.41) is 4.87. The van der Waals surface area contributed by atoms with Gasteiger partial charge in [-0.15, -0.1) is 11.3 Å². The van der Waals surface area contributed by atoms with E-state index in [1.165, 1.54) is 16.9 Å². The Morgan fingerprint density at radius 3 is 3.15 bits per heavy atom. The summed E-state index contributed by atoms with van der Waals surface area (Å²) in [7, 11) is 0. The molecule has 3 rings (SSSR count). The first-order valence-corrected chi connectivity index (χ1v) is 7.74. The van der Waals surface area contributed by atoms with Crippen molar-refractivity contribution in [3.8, 4) is 5.75 Å². The van der Waals surface area contributed by atoms with Gasteiger partial charge in [0, 0.05) is 28.4 Å². The fraction of sp³-hybridized carbons (Fsp3) is 0.231. The number of aromatic nitrogens is 1. The van der Waals surface area contributed by atoms with Crippen LogP contribution < -0.4 is 15.8 Å². The quantitative estimate of drug-likeness (QED) is 0.887. The first-order chi connectivity index (χ1) is 9.63. The van der Waals surface area contributed by atoms with Crippen molar-refractivity contribution in [3.63, 3.8) is 0 Å². The third kappa shape index (κ3) is 2.64. The molecule has 0 saturated carbocycles. The molecule has 0 fully saturated rings. The Labute approximate surface area is 128 Å². The number of anilines is 1. The molecular formula is C13H12BrN3O2S. The molecule has 1 aromatic heterocycles. The fourth-order valence-electron chi connectivity index (χ4n) is 2.14. The van der Waals surface area contributed by atoms with E-state index in [9.17, 15) is 4.79 Å². The first-order valence-electron chi connectivity index (χ1n) is 6.07. The van der Waals surface area contributed by atoms with Crippen molar-refractivity contribution in [1.29, 1.82) is 0 Å². The van der Waals surface area contributed by atoms with Gasteiger partial charge in [0.15, 0.2) is 5.13 Å². The van der Waals surface area contributed by atoms with Crippen LogP contribution in [0.1, 0.15) is 21.6 Å². The lowest BCUT2D eigenvalue weighted by Crippen LogP contribution is -2.23. The SMILES string of the molecule is Nc1nc(C(=O)NCc2cc(Br)cc3c2OCC3)cs1. The van der Waals surface area contributed by atoms with Crippen LogP contribution in [0.3, 0.4) is 0 Å². The molecular weight excluding hydrogens is 342 g/mol. The van der Waals surface area contributed by atoms with E-state index in [0.29, 0.717) is 24.0 Å². The van der Waals surface area contributed by atoms with E-state index < -0.39 is 0 Å². The minimum atomic E-state index is -0.232. The normalized spacial score (nSPS) is 12.8. The predicted molar refractivity (Wildman–Crippen MR) is 81.0 cm³/mol. The molecule has 1 amide bonds. The van der Waals surface area contributed by atoms with E-state index in [1.807, 2.05) is 6.07 Å². The minimum absolute atomic E-state index is 0.232. The summed E-state index contributed by atoms with van der Waals surface area (Å²) in [5.41, 5.74) is 8.00. The standard InChI is InChI=1S/C13H12BrN3O2S/c14-9-3-7-1-2-19-11(7)8(4-9)5-16-12(18)10-6-20-13(15)17-10/h3-4,6H,1-2,5H2,(H2,15,17)(H,16,18). The number of benzene rings is 1. The number of rotatable bonds is 3. The number of nitrogen functional groups attached to an aromatic ring is 1. The number of nitrogens with one attached hydrogen (secondary N) is 1. The highest BCUT2D eigenvalue weighted by molar-refractivity contribution is 9.10. The van der Waals surface area contributed by atoms with Crippen LogP contribution in [0.15, 0.2) is 22.0 Å². The highest BCUT2D eigenvalue weighted by atomic mass is 79.9. The van der Waals surface area contributed by atoms with Crippen molar-refractivity contribution in [3.05, 3.63) is 38.8 Å². The van der Waals surface area contributed by atoms with Crippen LogP contribution in [0.4, 0.5) is 5.13 Å². The number of carbonyl (C=O) groups is 1. The lowest BCUT2D eigenvalue weighted by atomic mass is 10.1. The van der Waals surface area contributed by atoms with Gasteiger partial charge in [0.2, 0.25) is 0 Å². The zero-order chi connectivity index (χ0) is 14.1. The maximum atomic E-state index is 11.9. The highest BCUT2D eigenvalue weighted by Crippen LogP contribution is 2.32. The lowest BCUT2D eigenvalue weighted by molar-refractivity contribution is 0.0946. The summed E-state index contributed by atoms with van der Waals surface area (Å²) in [6.07, 6.45) is 0.901. The Bertz CT molecular complexity index is 672. The predicted octanol–water partition coefficient (Wildman–Crippen LogP) is 2.35. The molecule has 7 heteroatoms. The monoisotopic (exact) mass is 353 g/mol. The van der Waals surface area contributed by atoms with Gasteiger partial charge in [-0.2, -0.15) is 0 Å². The summed E-state index contributed by atoms with van der Waals surface area (Å²) < 4.78 is 6.61. The Balaban J connectivity index is 1.74. The average Bonchev–Trinajstić information content (AvgIpc) is 3.03. The molecule has 2 heterocycles. The smallest absolute Gasteiger partial charge is 0.271 e. The molecule has 104 valence electrons. The van der Waals surface area contributed by atoms with Gasteiger partial charge in [0.05, 0.1) is 6.61 Å². The summed E-state index contributed by atoms with van der Waals surface area (Å²) in [6.45, 7) is 1.09. The van der Waals surface area contributed by atoms with Gasteiger partial charge in [-0.1, -0.05) is 15.9 Å². The Morgan fingerprint density at radius 2 is 2.40 bits per heavy atom. The van der Waals surface area contributed by atoms with Crippen LogP contribution in [0.2, 0.25) is 0 Å². The number of thiazole rings is 1. The number of nitrogens with two attached hydrogens (primary N) is 1. The molecule has 1 aliphatic rings. The van der Waals surface area contributed by atoms with E-state index in [4.69, 9.17) is 10.5 Å². The number of hydrogen-bond donors (Lipinski definition) is 2. The Morgan fingerprint density at radius 1 is 1.55 bits per heavy atom. The molecule has 0 aliphatic carbocycles. The molecule has 0 unspecified atom stereocenters. The fourth-order valence-corrected chi connectivity index (χ4v) is 3.23. The molecule has 5 nitrogen and oxygen atoms in total. The molecule has 0 atom stereocenters. The molecule has 0 spiro atoms. The number of fused-ring (bicyclic) bond motifs is 1. The van der Waals surface area contributed by atoms with Gasteiger partial charge in [0.1, 0.15) is 11.4 Å². The Hall–Kier alpha value is -1.60. The number of nitrogens with zero attached hydrogens (tertiary/aromatic N) is 1. The number of halogens is 1. The highest BCUT2D eigenvalue weighted by Gasteiger charge is 2.18. The van der Waals surface area contributed by atoms with Gasteiger partial charge in [-0.05, 0) is 17.7 Å².